The summed E-state index contributed by atoms with van der Waals surface area (Å²) in [5.74, 6) is 1.18. The van der Waals surface area contributed by atoms with Gasteiger partial charge in [0, 0.05) is 25.5 Å². The van der Waals surface area contributed by atoms with E-state index >= 15 is 0 Å². The largest absolute Gasteiger partial charge is 0.460 e. The Labute approximate surface area is 202 Å². The van der Waals surface area contributed by atoms with Crippen LogP contribution in [-0.2, 0) is 20.7 Å². The topological polar surface area (TPSA) is 77.8 Å². The Kier molecular flexibility index (Phi) is 9.78. The van der Waals surface area contributed by atoms with Crippen molar-refractivity contribution in [2.45, 2.75) is 63.8 Å². The van der Waals surface area contributed by atoms with E-state index in [0.29, 0.717) is 37.1 Å². The van der Waals surface area contributed by atoms with Crippen LogP contribution in [0.25, 0.3) is 11.0 Å². The fraction of sp³-hybridized carbons (Fsp3) is 0.615. The average molecular weight is 478 g/mol. The Bertz CT molecular complexity index is 921. The smallest absolute Gasteiger partial charge is 0.374 e. The minimum atomic E-state index is -0.457. The summed E-state index contributed by atoms with van der Waals surface area (Å²) in [6.45, 7) is 1.94. The van der Waals surface area contributed by atoms with Crippen molar-refractivity contribution in [2.24, 2.45) is 11.8 Å². The number of hydrogen-bond acceptors (Lipinski definition) is 6. The van der Waals surface area contributed by atoms with Crippen LogP contribution in [0.2, 0.25) is 0 Å². The summed E-state index contributed by atoms with van der Waals surface area (Å²) in [7, 11) is 1.65. The number of nitrogens with one attached hydrogen (secondary N) is 1. The number of benzene rings is 1. The van der Waals surface area contributed by atoms with Gasteiger partial charge in [0.1, 0.15) is 5.58 Å². The number of methoxy groups -OCH3 is 1. The third-order valence-corrected chi connectivity index (χ3v) is 7.01. The number of ketones is 1. The molecule has 7 heteroatoms. The number of carbonyl (C=O) groups is 2. The molecule has 1 aromatic heterocycles. The third-order valence-electron chi connectivity index (χ3n) is 7.01. The minimum Gasteiger partial charge on any atom is -0.460 e. The van der Waals surface area contributed by atoms with Gasteiger partial charge in [-0.15, -0.1) is 12.4 Å². The number of fused-ring (bicyclic) bond motifs is 1. The molecular weight excluding hydrogens is 442 g/mol. The zero-order chi connectivity index (χ0) is 22.3. The second kappa shape index (κ2) is 12.5. The van der Waals surface area contributed by atoms with Crippen LogP contribution in [0.1, 0.15) is 67.5 Å². The number of hydrogen-bond donors (Lipinski definition) is 1. The van der Waals surface area contributed by atoms with Gasteiger partial charge in [-0.1, -0.05) is 38.2 Å². The van der Waals surface area contributed by atoms with Crippen molar-refractivity contribution in [1.29, 1.82) is 0 Å². The first-order valence-electron chi connectivity index (χ1n) is 12.1. The lowest BCUT2D eigenvalue weighted by atomic mass is 9.75. The van der Waals surface area contributed by atoms with Gasteiger partial charge >= 0.3 is 5.97 Å². The highest BCUT2D eigenvalue weighted by molar-refractivity contribution is 5.93. The SMILES string of the molecule is COCCCCOC(=O)c1cc2cc(CC(=O)[C@H]3NCC[C@H]3C3CCCCC3)ccc2o1.Cl. The van der Waals surface area contributed by atoms with Crippen molar-refractivity contribution in [2.75, 3.05) is 26.9 Å². The Morgan fingerprint density at radius 3 is 2.64 bits per heavy atom. The van der Waals surface area contributed by atoms with Crippen molar-refractivity contribution in [3.8, 4) is 0 Å². The molecule has 0 spiro atoms. The summed E-state index contributed by atoms with van der Waals surface area (Å²) in [4.78, 5) is 25.4. The molecular formula is C26H36ClNO5. The predicted octanol–water partition coefficient (Wildman–Crippen LogP) is 5.11. The lowest BCUT2D eigenvalue weighted by molar-refractivity contribution is -0.121. The van der Waals surface area contributed by atoms with Crippen LogP contribution in [0, 0.1) is 11.8 Å². The third kappa shape index (κ3) is 6.58. The Morgan fingerprint density at radius 2 is 1.85 bits per heavy atom. The Morgan fingerprint density at radius 1 is 1.06 bits per heavy atom. The first kappa shape index (κ1) is 25.7. The van der Waals surface area contributed by atoms with Gasteiger partial charge in [0.05, 0.1) is 12.6 Å². The number of rotatable bonds is 10. The highest BCUT2D eigenvalue weighted by atomic mass is 35.5. The van der Waals surface area contributed by atoms with Gasteiger partial charge in [-0.3, -0.25) is 4.79 Å². The normalized spacial score (nSPS) is 21.1. The predicted molar refractivity (Wildman–Crippen MR) is 130 cm³/mol. The molecule has 1 N–H and O–H groups in total. The molecule has 1 aliphatic carbocycles. The van der Waals surface area contributed by atoms with Crippen molar-refractivity contribution in [1.82, 2.24) is 5.32 Å². The van der Waals surface area contributed by atoms with Crippen LogP contribution in [-0.4, -0.2) is 44.7 Å². The van der Waals surface area contributed by atoms with Gasteiger partial charge in [0.25, 0.3) is 0 Å². The number of unbranched alkanes of at least 4 members (excludes halogenated alkanes) is 1. The summed E-state index contributed by atoms with van der Waals surface area (Å²) in [6.07, 6.45) is 9.59. The van der Waals surface area contributed by atoms with Crippen molar-refractivity contribution in [3.63, 3.8) is 0 Å². The van der Waals surface area contributed by atoms with Crippen LogP contribution in [0.15, 0.2) is 28.7 Å². The van der Waals surface area contributed by atoms with Gasteiger partial charge in [0.2, 0.25) is 5.76 Å². The maximum Gasteiger partial charge on any atom is 0.374 e. The molecule has 2 heterocycles. The number of furan rings is 1. The van der Waals surface area contributed by atoms with Gasteiger partial charge in [-0.2, -0.15) is 0 Å². The molecule has 33 heavy (non-hydrogen) atoms. The fourth-order valence-corrected chi connectivity index (χ4v) is 5.35. The summed E-state index contributed by atoms with van der Waals surface area (Å²) in [5.41, 5.74) is 1.59. The molecule has 0 amide bonds. The second-order valence-electron chi connectivity index (χ2n) is 9.24. The number of carbonyl (C=O) groups excluding carboxylic acids is 2. The van der Waals surface area contributed by atoms with Gasteiger partial charge < -0.3 is 19.2 Å². The van der Waals surface area contributed by atoms with Crippen molar-refractivity contribution >= 4 is 35.1 Å². The molecule has 1 saturated carbocycles. The van der Waals surface area contributed by atoms with E-state index in [9.17, 15) is 9.59 Å². The molecule has 4 rings (SSSR count). The highest BCUT2D eigenvalue weighted by Crippen LogP contribution is 2.36. The summed E-state index contributed by atoms with van der Waals surface area (Å²) in [6, 6.07) is 7.40. The van der Waals surface area contributed by atoms with E-state index < -0.39 is 5.97 Å². The first-order valence-corrected chi connectivity index (χ1v) is 12.1. The Hall–Kier alpha value is -1.89. The first-order chi connectivity index (χ1) is 15.7. The van der Waals surface area contributed by atoms with Gasteiger partial charge in [-0.25, -0.2) is 4.79 Å². The zero-order valence-electron chi connectivity index (χ0n) is 19.5. The Balaban J connectivity index is 0.00000306. The lowest BCUT2D eigenvalue weighted by Crippen LogP contribution is -2.40. The fourth-order valence-electron chi connectivity index (χ4n) is 5.35. The minimum absolute atomic E-state index is 0. The maximum absolute atomic E-state index is 13.1. The molecule has 182 valence electrons. The van der Waals surface area contributed by atoms with E-state index in [1.807, 2.05) is 18.2 Å². The summed E-state index contributed by atoms with van der Waals surface area (Å²) >= 11 is 0. The van der Waals surface area contributed by atoms with E-state index in [-0.39, 0.29) is 30.0 Å². The number of ether oxygens (including phenoxy) is 2. The van der Waals surface area contributed by atoms with Crippen LogP contribution >= 0.6 is 12.4 Å². The molecule has 0 bridgehead atoms. The maximum atomic E-state index is 13.1. The van der Waals surface area contributed by atoms with Gasteiger partial charge in [-0.05, 0) is 61.4 Å². The van der Waals surface area contributed by atoms with E-state index in [0.717, 1.165) is 36.8 Å². The quantitative estimate of drug-likeness (QED) is 0.378. The molecule has 2 aliphatic rings. The molecule has 0 unspecified atom stereocenters. The zero-order valence-corrected chi connectivity index (χ0v) is 20.3. The van der Waals surface area contributed by atoms with Crippen LogP contribution < -0.4 is 5.32 Å². The van der Waals surface area contributed by atoms with E-state index in [2.05, 4.69) is 5.32 Å². The summed E-state index contributed by atoms with van der Waals surface area (Å²) < 4.78 is 15.9. The standard InChI is InChI=1S/C26H35NO5.ClH/c1-30-13-5-6-14-31-26(29)24-17-20-15-18(9-10-23(20)32-24)16-22(28)25-21(11-12-27-25)19-7-3-2-4-8-19;/h9-10,15,17,19,21,25,27H,2-8,11-14,16H2,1H3;1H/t21-,25-;/m0./s1. The lowest BCUT2D eigenvalue weighted by Gasteiger charge is -2.30. The van der Waals surface area contributed by atoms with Crippen LogP contribution in [0.5, 0.6) is 0 Å². The molecule has 2 aromatic rings. The molecule has 2 atom stereocenters. The summed E-state index contributed by atoms with van der Waals surface area (Å²) in [5, 5.41) is 4.30. The molecule has 1 saturated heterocycles. The number of halogens is 1. The van der Waals surface area contributed by atoms with E-state index in [1.165, 1.54) is 32.1 Å². The monoisotopic (exact) mass is 477 g/mol. The molecule has 6 nitrogen and oxygen atoms in total. The van der Waals surface area contributed by atoms with Crippen molar-refractivity contribution < 1.29 is 23.5 Å². The molecule has 1 aliphatic heterocycles. The number of Topliss-reactive ketones (excluding diaryl/α,β-unsaturated/α-hetero) is 1. The van der Waals surface area contributed by atoms with E-state index in [1.54, 1.807) is 13.2 Å². The molecule has 2 fully saturated rings. The molecule has 1 aromatic carbocycles. The van der Waals surface area contributed by atoms with E-state index in [4.69, 9.17) is 13.9 Å². The van der Waals surface area contributed by atoms with Gasteiger partial charge in [0.15, 0.2) is 5.78 Å². The number of esters is 1. The average Bonchev–Trinajstić information content (AvgIpc) is 3.46. The highest BCUT2D eigenvalue weighted by Gasteiger charge is 2.37. The van der Waals surface area contributed by atoms with Crippen molar-refractivity contribution in [3.05, 3.63) is 35.6 Å². The van der Waals surface area contributed by atoms with Crippen LogP contribution in [0.4, 0.5) is 0 Å². The second-order valence-corrected chi connectivity index (χ2v) is 9.24. The molecule has 0 radical (unpaired) electrons. The van der Waals surface area contributed by atoms with Crippen LogP contribution in [0.3, 0.4) is 0 Å².